The Kier molecular flexibility index (Phi) is 6.45. The van der Waals surface area contributed by atoms with Crippen LogP contribution >= 0.6 is 0 Å². The number of sulfone groups is 1. The molecule has 0 amide bonds. The third kappa shape index (κ3) is 6.15. The summed E-state index contributed by atoms with van der Waals surface area (Å²) in [4.78, 5) is 6.11. The molecule has 158 valence electrons. The normalized spacial score (nSPS) is 18.6. The zero-order valence-electron chi connectivity index (χ0n) is 15.7. The molecule has 0 saturated carbocycles. The molecule has 6 nitrogen and oxygen atoms in total. The fourth-order valence-electron chi connectivity index (χ4n) is 2.94. The first-order valence-corrected chi connectivity index (χ1v) is 10.8. The van der Waals surface area contributed by atoms with E-state index in [1.807, 2.05) is 0 Å². The highest BCUT2D eigenvalue weighted by atomic mass is 32.2. The van der Waals surface area contributed by atoms with Gasteiger partial charge in [-0.15, -0.1) is 0 Å². The van der Waals surface area contributed by atoms with Gasteiger partial charge in [-0.1, -0.05) is 12.1 Å². The first kappa shape index (κ1) is 21.5. The van der Waals surface area contributed by atoms with E-state index in [1.165, 1.54) is 12.3 Å². The van der Waals surface area contributed by atoms with Gasteiger partial charge in [-0.25, -0.2) is 13.4 Å². The van der Waals surface area contributed by atoms with Crippen molar-refractivity contribution >= 4 is 9.84 Å². The number of pyridine rings is 1. The van der Waals surface area contributed by atoms with Crippen molar-refractivity contribution < 1.29 is 31.1 Å². The molecule has 1 aliphatic rings. The van der Waals surface area contributed by atoms with Crippen LogP contribution in [0.2, 0.25) is 0 Å². The highest BCUT2D eigenvalue weighted by Crippen LogP contribution is 2.29. The van der Waals surface area contributed by atoms with E-state index in [2.05, 4.69) is 9.88 Å². The Balaban J connectivity index is 1.51. The highest BCUT2D eigenvalue weighted by molar-refractivity contribution is 7.90. The summed E-state index contributed by atoms with van der Waals surface area (Å²) in [5, 5.41) is 0. The SMILES string of the molecule is CS(=O)(=O)c1ccc(CN2CCOC(COc3ccc(C(F)(F)F)cn3)C2)cc1. The Hall–Kier alpha value is -2.17. The second-order valence-electron chi connectivity index (χ2n) is 6.84. The molecule has 0 radical (unpaired) electrons. The molecule has 1 fully saturated rings. The highest BCUT2D eigenvalue weighted by Gasteiger charge is 2.30. The van der Waals surface area contributed by atoms with Gasteiger partial charge in [0.15, 0.2) is 9.84 Å². The quantitative estimate of drug-likeness (QED) is 0.702. The van der Waals surface area contributed by atoms with Crippen LogP contribution in [0, 0.1) is 0 Å². The van der Waals surface area contributed by atoms with Crippen LogP contribution in [0.25, 0.3) is 0 Å². The van der Waals surface area contributed by atoms with Gasteiger partial charge in [0.1, 0.15) is 12.7 Å². The fraction of sp³-hybridized carbons (Fsp3) is 0.421. The molecule has 0 spiro atoms. The average Bonchev–Trinajstić information content (AvgIpc) is 2.66. The molecule has 1 unspecified atom stereocenters. The number of halogens is 3. The Bertz CT molecular complexity index is 916. The second-order valence-corrected chi connectivity index (χ2v) is 8.85. The number of benzene rings is 1. The maximum atomic E-state index is 12.6. The first-order valence-electron chi connectivity index (χ1n) is 8.90. The molecule has 29 heavy (non-hydrogen) atoms. The monoisotopic (exact) mass is 430 g/mol. The van der Waals surface area contributed by atoms with E-state index in [4.69, 9.17) is 9.47 Å². The lowest BCUT2D eigenvalue weighted by atomic mass is 10.2. The minimum Gasteiger partial charge on any atom is -0.475 e. The Morgan fingerprint density at radius 2 is 1.93 bits per heavy atom. The molecule has 1 saturated heterocycles. The van der Waals surface area contributed by atoms with Gasteiger partial charge in [0.25, 0.3) is 0 Å². The summed E-state index contributed by atoms with van der Waals surface area (Å²) in [6.45, 7) is 2.58. The summed E-state index contributed by atoms with van der Waals surface area (Å²) in [6, 6.07) is 8.85. The third-order valence-corrected chi connectivity index (χ3v) is 5.59. The number of morpholine rings is 1. The number of alkyl halides is 3. The third-order valence-electron chi connectivity index (χ3n) is 4.46. The van der Waals surface area contributed by atoms with E-state index < -0.39 is 21.6 Å². The molecule has 1 atom stereocenters. The topological polar surface area (TPSA) is 68.7 Å². The number of hydrogen-bond donors (Lipinski definition) is 0. The summed E-state index contributed by atoms with van der Waals surface area (Å²) in [7, 11) is -3.22. The summed E-state index contributed by atoms with van der Waals surface area (Å²) < 4.78 is 71.9. The van der Waals surface area contributed by atoms with Crippen LogP contribution in [0.4, 0.5) is 13.2 Å². The summed E-state index contributed by atoms with van der Waals surface area (Å²) in [5.41, 5.74) is 0.148. The van der Waals surface area contributed by atoms with Gasteiger partial charge < -0.3 is 9.47 Å². The molecule has 1 aromatic carbocycles. The van der Waals surface area contributed by atoms with E-state index in [-0.39, 0.29) is 23.5 Å². The van der Waals surface area contributed by atoms with Gasteiger partial charge in [0.05, 0.1) is 17.1 Å². The number of ether oxygens (including phenoxy) is 2. The van der Waals surface area contributed by atoms with Crippen molar-refractivity contribution in [3.8, 4) is 5.88 Å². The van der Waals surface area contributed by atoms with E-state index in [0.29, 0.717) is 26.2 Å². The van der Waals surface area contributed by atoms with Crippen molar-refractivity contribution in [3.05, 3.63) is 53.7 Å². The van der Waals surface area contributed by atoms with Crippen molar-refractivity contribution in [1.29, 1.82) is 0 Å². The van der Waals surface area contributed by atoms with Gasteiger partial charge in [0, 0.05) is 38.2 Å². The predicted octanol–water partition coefficient (Wildman–Crippen LogP) is 2.78. The van der Waals surface area contributed by atoms with Gasteiger partial charge >= 0.3 is 6.18 Å². The molecule has 0 bridgehead atoms. The summed E-state index contributed by atoms with van der Waals surface area (Å²) in [5.74, 6) is 0.107. The van der Waals surface area contributed by atoms with Crippen molar-refractivity contribution in [1.82, 2.24) is 9.88 Å². The molecule has 0 N–H and O–H groups in total. The minimum atomic E-state index is -4.43. The van der Waals surface area contributed by atoms with Crippen LogP contribution in [-0.2, 0) is 27.3 Å². The molecular formula is C19H21F3N2O4S. The van der Waals surface area contributed by atoms with Gasteiger partial charge in [-0.2, -0.15) is 13.2 Å². The maximum absolute atomic E-state index is 12.6. The largest absolute Gasteiger partial charge is 0.475 e. The molecule has 2 aromatic rings. The second kappa shape index (κ2) is 8.68. The maximum Gasteiger partial charge on any atom is 0.417 e. The van der Waals surface area contributed by atoms with Crippen LogP contribution in [0.3, 0.4) is 0 Å². The number of hydrogen-bond acceptors (Lipinski definition) is 6. The molecule has 2 heterocycles. The molecule has 1 aliphatic heterocycles. The Labute approximate surface area is 167 Å². The zero-order chi connectivity index (χ0) is 21.1. The van der Waals surface area contributed by atoms with Crippen LogP contribution < -0.4 is 4.74 Å². The smallest absolute Gasteiger partial charge is 0.417 e. The lowest BCUT2D eigenvalue weighted by Crippen LogP contribution is -2.44. The number of rotatable bonds is 6. The standard InChI is InChI=1S/C19H21F3N2O4S/c1-29(25,26)17-5-2-14(3-6-17)11-24-8-9-27-16(12-24)13-28-18-7-4-15(10-23-18)19(20,21)22/h2-7,10,16H,8-9,11-13H2,1H3. The fourth-order valence-corrected chi connectivity index (χ4v) is 3.57. The lowest BCUT2D eigenvalue weighted by molar-refractivity contribution is -0.137. The first-order chi connectivity index (χ1) is 13.6. The predicted molar refractivity (Wildman–Crippen MR) is 99.3 cm³/mol. The molecule has 0 aliphatic carbocycles. The molecule has 10 heteroatoms. The number of nitrogens with zero attached hydrogens (tertiary/aromatic N) is 2. The van der Waals surface area contributed by atoms with Crippen molar-refractivity contribution in [2.24, 2.45) is 0 Å². The van der Waals surface area contributed by atoms with Crippen molar-refractivity contribution in [3.63, 3.8) is 0 Å². The summed E-state index contributed by atoms with van der Waals surface area (Å²) in [6.07, 6.45) is -2.77. The summed E-state index contributed by atoms with van der Waals surface area (Å²) >= 11 is 0. The van der Waals surface area contributed by atoms with Crippen LogP contribution in [0.15, 0.2) is 47.5 Å². The van der Waals surface area contributed by atoms with Gasteiger partial charge in [0.2, 0.25) is 5.88 Å². The Morgan fingerprint density at radius 1 is 1.21 bits per heavy atom. The van der Waals surface area contributed by atoms with Crippen molar-refractivity contribution in [2.45, 2.75) is 23.7 Å². The average molecular weight is 430 g/mol. The number of aromatic nitrogens is 1. The van der Waals surface area contributed by atoms with E-state index >= 15 is 0 Å². The van der Waals surface area contributed by atoms with Gasteiger partial charge in [-0.05, 0) is 23.8 Å². The molecule has 1 aromatic heterocycles. The van der Waals surface area contributed by atoms with Crippen LogP contribution in [-0.4, -0.2) is 57.0 Å². The van der Waals surface area contributed by atoms with E-state index in [1.54, 1.807) is 24.3 Å². The van der Waals surface area contributed by atoms with Crippen LogP contribution in [0.1, 0.15) is 11.1 Å². The lowest BCUT2D eigenvalue weighted by Gasteiger charge is -2.32. The van der Waals surface area contributed by atoms with Crippen molar-refractivity contribution in [2.75, 3.05) is 32.6 Å². The molecular weight excluding hydrogens is 409 g/mol. The molecule has 3 rings (SSSR count). The van der Waals surface area contributed by atoms with Gasteiger partial charge in [-0.3, -0.25) is 4.90 Å². The Morgan fingerprint density at radius 3 is 2.52 bits per heavy atom. The van der Waals surface area contributed by atoms with E-state index in [9.17, 15) is 21.6 Å². The van der Waals surface area contributed by atoms with E-state index in [0.717, 1.165) is 17.8 Å². The minimum absolute atomic E-state index is 0.107. The zero-order valence-corrected chi connectivity index (χ0v) is 16.5. The van der Waals surface area contributed by atoms with Crippen LogP contribution in [0.5, 0.6) is 5.88 Å².